The lowest BCUT2D eigenvalue weighted by Gasteiger charge is -2.17. The fourth-order valence-corrected chi connectivity index (χ4v) is 3.01. The van der Waals surface area contributed by atoms with Crippen molar-refractivity contribution in [1.29, 1.82) is 0 Å². The molecule has 0 aliphatic heterocycles. The van der Waals surface area contributed by atoms with E-state index in [1.807, 2.05) is 21.0 Å². The molecule has 1 N–H and O–H groups in total. The molecule has 0 saturated heterocycles. The van der Waals surface area contributed by atoms with Crippen LogP contribution in [0.1, 0.15) is 18.9 Å². The van der Waals surface area contributed by atoms with Crippen LogP contribution >= 0.6 is 0 Å². The second-order valence-corrected chi connectivity index (χ2v) is 7.33. The Hall–Kier alpha value is -1.11. The third-order valence-corrected chi connectivity index (χ3v) is 4.74. The quantitative estimate of drug-likeness (QED) is 0.702. The molecule has 1 aromatic rings. The Bertz CT molecular complexity index is 512. The van der Waals surface area contributed by atoms with E-state index in [0.29, 0.717) is 13.1 Å². The highest BCUT2D eigenvalue weighted by Gasteiger charge is 2.12. The monoisotopic (exact) mass is 313 g/mol. The van der Waals surface area contributed by atoms with Gasteiger partial charge in [0.05, 0.1) is 6.26 Å². The van der Waals surface area contributed by atoms with Gasteiger partial charge in [0, 0.05) is 39.4 Å². The molecule has 0 aliphatic rings. The van der Waals surface area contributed by atoms with Crippen molar-refractivity contribution in [3.05, 3.63) is 29.8 Å². The normalized spacial score (nSPS) is 11.9. The Morgan fingerprint density at radius 3 is 2.24 bits per heavy atom. The van der Waals surface area contributed by atoms with Crippen LogP contribution in [0, 0.1) is 0 Å². The summed E-state index contributed by atoms with van der Waals surface area (Å²) in [6.07, 6.45) is 2.08. The maximum absolute atomic E-state index is 11.4. The molecule has 1 rings (SSSR count). The molecule has 120 valence electrons. The van der Waals surface area contributed by atoms with Crippen molar-refractivity contribution in [3.8, 4) is 0 Å². The first-order valence-electron chi connectivity index (χ1n) is 7.26. The summed E-state index contributed by atoms with van der Waals surface area (Å²) in [5.74, 6) is 0. The zero-order valence-corrected chi connectivity index (χ0v) is 14.3. The van der Waals surface area contributed by atoms with Gasteiger partial charge in [-0.25, -0.2) is 12.7 Å². The number of anilines is 1. The van der Waals surface area contributed by atoms with E-state index in [4.69, 9.17) is 0 Å². The van der Waals surface area contributed by atoms with Crippen molar-refractivity contribution in [3.63, 3.8) is 0 Å². The number of rotatable bonds is 9. The Balaban J connectivity index is 2.28. The number of benzene rings is 1. The first-order chi connectivity index (χ1) is 9.84. The minimum absolute atomic E-state index is 0.533. The highest BCUT2D eigenvalue weighted by atomic mass is 32.2. The summed E-state index contributed by atoms with van der Waals surface area (Å²) >= 11 is 0. The summed E-state index contributed by atoms with van der Waals surface area (Å²) in [5, 5.41) is 3.35. The zero-order chi connectivity index (χ0) is 15.9. The molecule has 0 spiro atoms. The van der Waals surface area contributed by atoms with Gasteiger partial charge in [-0.2, -0.15) is 0 Å². The lowest BCUT2D eigenvalue weighted by atomic mass is 10.2. The molecule has 21 heavy (non-hydrogen) atoms. The average Bonchev–Trinajstić information content (AvgIpc) is 2.41. The molecular formula is C15H27N3O2S. The van der Waals surface area contributed by atoms with Crippen LogP contribution in [0.4, 0.5) is 5.69 Å². The maximum atomic E-state index is 11.4. The van der Waals surface area contributed by atoms with E-state index in [-0.39, 0.29) is 0 Å². The van der Waals surface area contributed by atoms with Gasteiger partial charge in [-0.1, -0.05) is 19.1 Å². The number of nitrogens with one attached hydrogen (secondary N) is 1. The Kier molecular flexibility index (Phi) is 7.14. The highest BCUT2D eigenvalue weighted by molar-refractivity contribution is 7.88. The largest absolute Gasteiger partial charge is 0.378 e. The van der Waals surface area contributed by atoms with Crippen LogP contribution in [-0.4, -0.2) is 52.7 Å². The number of nitrogens with zero attached hydrogens (tertiary/aromatic N) is 2. The number of sulfonamides is 1. The van der Waals surface area contributed by atoms with Gasteiger partial charge in [0.25, 0.3) is 0 Å². The van der Waals surface area contributed by atoms with Gasteiger partial charge < -0.3 is 10.2 Å². The Morgan fingerprint density at radius 2 is 1.76 bits per heavy atom. The lowest BCUT2D eigenvalue weighted by molar-refractivity contribution is 0.419. The van der Waals surface area contributed by atoms with Crippen molar-refractivity contribution >= 4 is 15.7 Å². The number of hydrogen-bond donors (Lipinski definition) is 1. The number of hydrogen-bond acceptors (Lipinski definition) is 4. The first kappa shape index (κ1) is 17.9. The highest BCUT2D eigenvalue weighted by Crippen LogP contribution is 2.11. The standard InChI is InChI=1S/C15H27N3O2S/c1-5-18(21(4,19)20)12-6-11-16-13-14-7-9-15(10-8-14)17(2)3/h7-10,16H,5-6,11-13H2,1-4H3. The first-order valence-corrected chi connectivity index (χ1v) is 9.11. The molecule has 0 aliphatic carbocycles. The van der Waals surface area contributed by atoms with Crippen LogP contribution in [0.3, 0.4) is 0 Å². The summed E-state index contributed by atoms with van der Waals surface area (Å²) in [6.45, 7) is 4.58. The molecular weight excluding hydrogens is 286 g/mol. The van der Waals surface area contributed by atoms with Gasteiger partial charge in [0.2, 0.25) is 10.0 Å². The SMILES string of the molecule is CCN(CCCNCc1ccc(N(C)C)cc1)S(C)(=O)=O. The molecule has 0 bridgehead atoms. The van der Waals surface area contributed by atoms with Gasteiger partial charge in [0.15, 0.2) is 0 Å². The predicted octanol–water partition coefficient (Wildman–Crippen LogP) is 1.51. The van der Waals surface area contributed by atoms with E-state index in [9.17, 15) is 8.42 Å². The summed E-state index contributed by atoms with van der Waals surface area (Å²) in [4.78, 5) is 2.07. The van der Waals surface area contributed by atoms with E-state index in [2.05, 4.69) is 34.5 Å². The van der Waals surface area contributed by atoms with Gasteiger partial charge in [-0.3, -0.25) is 0 Å². The topological polar surface area (TPSA) is 52.6 Å². The fraction of sp³-hybridized carbons (Fsp3) is 0.600. The van der Waals surface area contributed by atoms with Crippen molar-refractivity contribution in [2.24, 2.45) is 0 Å². The molecule has 0 radical (unpaired) electrons. The van der Waals surface area contributed by atoms with Gasteiger partial charge >= 0.3 is 0 Å². The lowest BCUT2D eigenvalue weighted by Crippen LogP contribution is -2.32. The van der Waals surface area contributed by atoms with Crippen LogP contribution in [0.15, 0.2) is 24.3 Å². The molecule has 0 heterocycles. The van der Waals surface area contributed by atoms with Crippen LogP contribution < -0.4 is 10.2 Å². The van der Waals surface area contributed by atoms with Crippen molar-refractivity contribution in [2.45, 2.75) is 19.9 Å². The van der Waals surface area contributed by atoms with E-state index in [0.717, 1.165) is 19.5 Å². The molecule has 0 aromatic heterocycles. The smallest absolute Gasteiger partial charge is 0.211 e. The summed E-state index contributed by atoms with van der Waals surface area (Å²) < 4.78 is 24.4. The molecule has 0 unspecified atom stereocenters. The molecule has 5 nitrogen and oxygen atoms in total. The second kappa shape index (κ2) is 8.36. The molecule has 0 fully saturated rings. The third-order valence-electron chi connectivity index (χ3n) is 3.36. The fourth-order valence-electron chi connectivity index (χ4n) is 2.08. The molecule has 0 amide bonds. The van der Waals surface area contributed by atoms with Crippen molar-refractivity contribution in [2.75, 3.05) is 44.9 Å². The second-order valence-electron chi connectivity index (χ2n) is 5.35. The Morgan fingerprint density at radius 1 is 1.14 bits per heavy atom. The van der Waals surface area contributed by atoms with Gasteiger partial charge in [-0.05, 0) is 30.7 Å². The van der Waals surface area contributed by atoms with Crippen LogP contribution in [0.5, 0.6) is 0 Å². The van der Waals surface area contributed by atoms with Crippen LogP contribution in [0.25, 0.3) is 0 Å². The molecule has 0 saturated carbocycles. The summed E-state index contributed by atoms with van der Waals surface area (Å²) in [7, 11) is 0.978. The Labute approximate surface area is 129 Å². The third kappa shape index (κ3) is 6.46. The van der Waals surface area contributed by atoms with Crippen LogP contribution in [0.2, 0.25) is 0 Å². The van der Waals surface area contributed by atoms with Crippen molar-refractivity contribution in [1.82, 2.24) is 9.62 Å². The summed E-state index contributed by atoms with van der Waals surface area (Å²) in [6, 6.07) is 8.41. The predicted molar refractivity (Wildman–Crippen MR) is 89.2 cm³/mol. The van der Waals surface area contributed by atoms with E-state index in [1.54, 1.807) is 0 Å². The summed E-state index contributed by atoms with van der Waals surface area (Å²) in [5.41, 5.74) is 2.42. The zero-order valence-electron chi connectivity index (χ0n) is 13.5. The van der Waals surface area contributed by atoms with E-state index >= 15 is 0 Å². The van der Waals surface area contributed by atoms with Crippen LogP contribution in [-0.2, 0) is 16.6 Å². The molecule has 1 aromatic carbocycles. The molecule has 6 heteroatoms. The van der Waals surface area contributed by atoms with E-state index in [1.165, 1.54) is 21.8 Å². The minimum atomic E-state index is -3.07. The van der Waals surface area contributed by atoms with Crippen molar-refractivity contribution < 1.29 is 8.42 Å². The van der Waals surface area contributed by atoms with Gasteiger partial charge in [0.1, 0.15) is 0 Å². The van der Waals surface area contributed by atoms with Gasteiger partial charge in [-0.15, -0.1) is 0 Å². The average molecular weight is 313 g/mol. The molecule has 0 atom stereocenters. The van der Waals surface area contributed by atoms with E-state index < -0.39 is 10.0 Å². The minimum Gasteiger partial charge on any atom is -0.378 e. The maximum Gasteiger partial charge on any atom is 0.211 e.